The number of anilines is 1. The summed E-state index contributed by atoms with van der Waals surface area (Å²) >= 11 is 1.17. The van der Waals surface area contributed by atoms with E-state index in [1.165, 1.54) is 11.8 Å². The van der Waals surface area contributed by atoms with Crippen molar-refractivity contribution in [3.8, 4) is 11.1 Å². The number of nitrogens with zero attached hydrogens (tertiary/aromatic N) is 4. The van der Waals surface area contributed by atoms with Gasteiger partial charge in [0.25, 0.3) is 0 Å². The lowest BCUT2D eigenvalue weighted by Crippen LogP contribution is -2.35. The molecule has 1 aliphatic rings. The Morgan fingerprint density at radius 2 is 1.70 bits per heavy atom. The van der Waals surface area contributed by atoms with E-state index in [1.54, 1.807) is 55.1 Å². The van der Waals surface area contributed by atoms with Crippen LogP contribution in [0.15, 0.2) is 44.2 Å². The molecule has 0 aliphatic carbocycles. The van der Waals surface area contributed by atoms with Crippen LogP contribution in [-0.4, -0.2) is 69.0 Å². The Labute approximate surface area is 198 Å². The van der Waals surface area contributed by atoms with Crippen molar-refractivity contribution in [2.24, 2.45) is 15.7 Å². The molecular weight excluding hydrogens is 460 g/mol. The van der Waals surface area contributed by atoms with Crippen LogP contribution in [0.3, 0.4) is 0 Å². The SMILES string of the molecule is CN=Cc1c(N)nc(SCC(N)=O)c(C=NC)c1-c1ccc(S(=O)(=O)N2CCCCC2)cc1. The fraction of sp³-hybridized carbons (Fsp3) is 0.364. The fourth-order valence-corrected chi connectivity index (χ4v) is 6.00. The highest BCUT2D eigenvalue weighted by molar-refractivity contribution is 8.00. The normalized spacial score (nSPS) is 15.5. The zero-order valence-electron chi connectivity index (χ0n) is 18.7. The largest absolute Gasteiger partial charge is 0.383 e. The Morgan fingerprint density at radius 3 is 2.27 bits per heavy atom. The van der Waals surface area contributed by atoms with Crippen molar-refractivity contribution in [3.63, 3.8) is 0 Å². The third kappa shape index (κ3) is 5.60. The third-order valence-electron chi connectivity index (χ3n) is 5.23. The molecule has 1 aromatic heterocycles. The monoisotopic (exact) mass is 488 g/mol. The number of primary amides is 1. The number of hydrogen-bond acceptors (Lipinski definition) is 8. The highest BCUT2D eigenvalue weighted by Crippen LogP contribution is 2.35. The van der Waals surface area contributed by atoms with Gasteiger partial charge in [-0.3, -0.25) is 14.8 Å². The minimum atomic E-state index is -3.55. The summed E-state index contributed by atoms with van der Waals surface area (Å²) in [4.78, 5) is 24.3. The summed E-state index contributed by atoms with van der Waals surface area (Å²) in [5.41, 5.74) is 14.2. The molecule has 2 aromatic rings. The predicted molar refractivity (Wildman–Crippen MR) is 134 cm³/mol. The highest BCUT2D eigenvalue weighted by Gasteiger charge is 2.26. The first-order valence-corrected chi connectivity index (χ1v) is 12.9. The number of pyridine rings is 1. The number of benzene rings is 1. The number of piperidine rings is 1. The summed E-state index contributed by atoms with van der Waals surface area (Å²) in [6, 6.07) is 6.69. The molecule has 11 heteroatoms. The lowest BCUT2D eigenvalue weighted by Gasteiger charge is -2.26. The quantitative estimate of drug-likeness (QED) is 0.430. The van der Waals surface area contributed by atoms with Gasteiger partial charge in [-0.25, -0.2) is 13.4 Å². The molecule has 33 heavy (non-hydrogen) atoms. The van der Waals surface area contributed by atoms with Gasteiger partial charge in [0.05, 0.1) is 10.6 Å². The van der Waals surface area contributed by atoms with Crippen LogP contribution in [0.25, 0.3) is 11.1 Å². The van der Waals surface area contributed by atoms with Crippen molar-refractivity contribution in [2.45, 2.75) is 29.2 Å². The summed E-state index contributed by atoms with van der Waals surface area (Å²) in [7, 11) is -0.293. The second kappa shape index (κ2) is 10.9. The van der Waals surface area contributed by atoms with Gasteiger partial charge in [0.2, 0.25) is 15.9 Å². The summed E-state index contributed by atoms with van der Waals surface area (Å²) < 4.78 is 27.6. The standard InChI is InChI=1S/C22H28N6O3S2/c1-25-12-17-20(18(13-26-2)22(27-21(17)24)32-14-19(23)29)15-6-8-16(9-7-15)33(30,31)28-10-4-3-5-11-28/h6-9,12-13H,3-5,10-11,14H2,1-2H3,(H2,23,29)(H2,24,27). The zero-order chi connectivity index (χ0) is 24.0. The molecule has 2 heterocycles. The Hall–Kier alpha value is -2.76. The van der Waals surface area contributed by atoms with Gasteiger partial charge in [0, 0.05) is 56.3 Å². The van der Waals surface area contributed by atoms with E-state index in [0.717, 1.165) is 24.8 Å². The summed E-state index contributed by atoms with van der Waals surface area (Å²) in [5, 5.41) is 0.505. The number of amides is 1. The maximum absolute atomic E-state index is 13.0. The minimum Gasteiger partial charge on any atom is -0.383 e. The number of rotatable bonds is 8. The van der Waals surface area contributed by atoms with Crippen LogP contribution in [-0.2, 0) is 14.8 Å². The van der Waals surface area contributed by atoms with E-state index in [-0.39, 0.29) is 16.5 Å². The number of nitrogen functional groups attached to an aromatic ring is 1. The molecule has 4 N–H and O–H groups in total. The lowest BCUT2D eigenvalue weighted by atomic mass is 9.96. The number of aromatic nitrogens is 1. The number of hydrogen-bond donors (Lipinski definition) is 2. The Balaban J connectivity index is 2.12. The fourth-order valence-electron chi connectivity index (χ4n) is 3.73. The highest BCUT2D eigenvalue weighted by atomic mass is 32.2. The van der Waals surface area contributed by atoms with Crippen LogP contribution in [0.4, 0.5) is 5.82 Å². The Morgan fingerprint density at radius 1 is 1.09 bits per heavy atom. The van der Waals surface area contributed by atoms with E-state index in [0.29, 0.717) is 34.8 Å². The Bertz CT molecular complexity index is 1170. The van der Waals surface area contributed by atoms with Crippen LogP contribution >= 0.6 is 11.8 Å². The second-order valence-electron chi connectivity index (χ2n) is 7.52. The number of nitrogens with two attached hydrogens (primary N) is 2. The molecular formula is C22H28N6O3S2. The second-order valence-corrected chi connectivity index (χ2v) is 10.4. The first kappa shape index (κ1) is 24.9. The zero-order valence-corrected chi connectivity index (χ0v) is 20.3. The molecule has 3 rings (SSSR count). The number of carbonyl (C=O) groups excluding carboxylic acids is 1. The molecule has 0 atom stereocenters. The van der Waals surface area contributed by atoms with Crippen LogP contribution in [0.2, 0.25) is 0 Å². The van der Waals surface area contributed by atoms with Crippen LogP contribution in [0.1, 0.15) is 30.4 Å². The molecule has 176 valence electrons. The van der Waals surface area contributed by atoms with Gasteiger partial charge < -0.3 is 11.5 Å². The maximum atomic E-state index is 13.0. The van der Waals surface area contributed by atoms with Crippen molar-refractivity contribution < 1.29 is 13.2 Å². The average Bonchev–Trinajstić information content (AvgIpc) is 2.81. The van der Waals surface area contributed by atoms with Gasteiger partial charge in [0.15, 0.2) is 0 Å². The van der Waals surface area contributed by atoms with Gasteiger partial charge in [-0.05, 0) is 30.5 Å². The van der Waals surface area contributed by atoms with E-state index in [1.807, 2.05) is 0 Å². The van der Waals surface area contributed by atoms with Crippen LogP contribution in [0.5, 0.6) is 0 Å². The maximum Gasteiger partial charge on any atom is 0.243 e. The molecule has 0 unspecified atom stereocenters. The third-order valence-corrected chi connectivity index (χ3v) is 8.16. The van der Waals surface area contributed by atoms with E-state index >= 15 is 0 Å². The number of carbonyl (C=O) groups is 1. The molecule has 0 spiro atoms. The molecule has 1 saturated heterocycles. The lowest BCUT2D eigenvalue weighted by molar-refractivity contribution is -0.115. The summed E-state index contributed by atoms with van der Waals surface area (Å²) in [6.45, 7) is 1.08. The van der Waals surface area contributed by atoms with E-state index in [9.17, 15) is 13.2 Å². The van der Waals surface area contributed by atoms with Crippen LogP contribution < -0.4 is 11.5 Å². The van der Waals surface area contributed by atoms with Crippen LogP contribution in [0, 0.1) is 0 Å². The molecule has 0 radical (unpaired) electrons. The predicted octanol–water partition coefficient (Wildman–Crippen LogP) is 2.18. The van der Waals surface area contributed by atoms with Crippen molar-refractivity contribution >= 4 is 45.9 Å². The minimum absolute atomic E-state index is 0.0324. The number of sulfonamides is 1. The molecule has 1 amide bonds. The van der Waals surface area contributed by atoms with E-state index in [4.69, 9.17) is 11.5 Å². The number of thioether (sulfide) groups is 1. The van der Waals surface area contributed by atoms with Gasteiger partial charge in [-0.15, -0.1) is 0 Å². The van der Waals surface area contributed by atoms with Gasteiger partial charge >= 0.3 is 0 Å². The van der Waals surface area contributed by atoms with E-state index < -0.39 is 15.9 Å². The molecule has 1 aromatic carbocycles. The number of aliphatic imine (C=N–C) groups is 2. The van der Waals surface area contributed by atoms with Crippen molar-refractivity contribution in [3.05, 3.63) is 35.4 Å². The average molecular weight is 489 g/mol. The first-order chi connectivity index (χ1) is 15.8. The van der Waals surface area contributed by atoms with Crippen molar-refractivity contribution in [1.82, 2.24) is 9.29 Å². The van der Waals surface area contributed by atoms with E-state index in [2.05, 4.69) is 15.0 Å². The summed E-state index contributed by atoms with van der Waals surface area (Å²) in [5.74, 6) is -0.210. The first-order valence-electron chi connectivity index (χ1n) is 10.5. The molecule has 1 aliphatic heterocycles. The van der Waals surface area contributed by atoms with Crippen molar-refractivity contribution in [1.29, 1.82) is 0 Å². The van der Waals surface area contributed by atoms with Gasteiger partial charge in [0.1, 0.15) is 10.8 Å². The molecule has 1 fully saturated rings. The smallest absolute Gasteiger partial charge is 0.243 e. The van der Waals surface area contributed by atoms with Crippen molar-refractivity contribution in [2.75, 3.05) is 38.7 Å². The summed E-state index contributed by atoms with van der Waals surface area (Å²) in [6.07, 6.45) is 6.04. The van der Waals surface area contributed by atoms with Gasteiger partial charge in [-0.2, -0.15) is 4.31 Å². The molecule has 9 nitrogen and oxygen atoms in total. The topological polar surface area (TPSA) is 144 Å². The Kier molecular flexibility index (Phi) is 8.22. The molecule has 0 bridgehead atoms. The molecule has 0 saturated carbocycles. The van der Waals surface area contributed by atoms with Gasteiger partial charge in [-0.1, -0.05) is 30.3 Å².